The van der Waals surface area contributed by atoms with Crippen LogP contribution < -0.4 is 0 Å². The van der Waals surface area contributed by atoms with E-state index < -0.39 is 6.67 Å². The first-order valence-electron chi connectivity index (χ1n) is 2.47. The third-order valence-corrected chi connectivity index (χ3v) is 1.22. The lowest BCUT2D eigenvalue weighted by molar-refractivity contribution is 0.465. The van der Waals surface area contributed by atoms with E-state index >= 15 is 0 Å². The van der Waals surface area contributed by atoms with Crippen LogP contribution in [0.15, 0.2) is 6.07 Å². The molecule has 0 aliphatic heterocycles. The van der Waals surface area contributed by atoms with E-state index in [4.69, 9.17) is 23.2 Å². The van der Waals surface area contributed by atoms with Gasteiger partial charge in [0.1, 0.15) is 17.0 Å². The minimum absolute atomic E-state index is 0.0116. The molecule has 0 amide bonds. The maximum Gasteiger partial charge on any atom is 0.162 e. The molecule has 1 aromatic rings. The van der Waals surface area contributed by atoms with Crippen molar-refractivity contribution in [1.29, 1.82) is 0 Å². The summed E-state index contributed by atoms with van der Waals surface area (Å²) in [5, 5.41) is 0.320. The van der Waals surface area contributed by atoms with Gasteiger partial charge < -0.3 is 0 Å². The summed E-state index contributed by atoms with van der Waals surface area (Å²) in [6.45, 7) is -0.750. The molecule has 1 rings (SSSR count). The third-order valence-electron chi connectivity index (χ3n) is 0.829. The predicted molar refractivity (Wildman–Crippen MR) is 36.9 cm³/mol. The van der Waals surface area contributed by atoms with Gasteiger partial charge in [-0.05, 0) is 0 Å². The minimum atomic E-state index is -0.750. The molecule has 0 aliphatic carbocycles. The van der Waals surface area contributed by atoms with Crippen molar-refractivity contribution in [2.45, 2.75) is 6.67 Å². The molecule has 0 unspecified atom stereocenters. The summed E-state index contributed by atoms with van der Waals surface area (Å²) < 4.78 is 11.8. The lowest BCUT2D eigenvalue weighted by atomic mass is 10.6. The Hall–Kier alpha value is -0.410. The average molecular weight is 181 g/mol. The molecule has 1 aromatic heterocycles. The summed E-state index contributed by atoms with van der Waals surface area (Å²) in [5.74, 6) is 0.0116. The fourth-order valence-corrected chi connectivity index (χ4v) is 0.952. The van der Waals surface area contributed by atoms with Gasteiger partial charge in [-0.2, -0.15) is 0 Å². The van der Waals surface area contributed by atoms with Gasteiger partial charge >= 0.3 is 0 Å². The minimum Gasteiger partial charge on any atom is -0.242 e. The van der Waals surface area contributed by atoms with E-state index in [0.29, 0.717) is 0 Å². The molecule has 0 bridgehead atoms. The van der Waals surface area contributed by atoms with Crippen LogP contribution in [-0.4, -0.2) is 9.97 Å². The Morgan fingerprint density at radius 1 is 1.30 bits per heavy atom. The standard InChI is InChI=1S/C5H3Cl2FN2/c6-3-1-4(7)10-5(2-8)9-3/h1H,2H2. The van der Waals surface area contributed by atoms with Gasteiger partial charge in [-0.1, -0.05) is 23.2 Å². The summed E-state index contributed by atoms with van der Waals surface area (Å²) >= 11 is 10.9. The van der Waals surface area contributed by atoms with Gasteiger partial charge in [0, 0.05) is 6.07 Å². The smallest absolute Gasteiger partial charge is 0.162 e. The van der Waals surface area contributed by atoms with Crippen LogP contribution in [0.1, 0.15) is 5.82 Å². The van der Waals surface area contributed by atoms with Crippen LogP contribution in [0.3, 0.4) is 0 Å². The second-order valence-corrected chi connectivity index (χ2v) is 2.34. The number of aromatic nitrogens is 2. The second kappa shape index (κ2) is 3.12. The lowest BCUT2D eigenvalue weighted by Crippen LogP contribution is -1.91. The Kier molecular flexibility index (Phi) is 2.40. The van der Waals surface area contributed by atoms with E-state index in [1.165, 1.54) is 6.07 Å². The highest BCUT2D eigenvalue weighted by atomic mass is 35.5. The monoisotopic (exact) mass is 180 g/mol. The number of halogens is 3. The Balaban J connectivity index is 3.06. The number of hydrogen-bond donors (Lipinski definition) is 0. The number of alkyl halides is 1. The zero-order valence-corrected chi connectivity index (χ0v) is 6.32. The van der Waals surface area contributed by atoms with E-state index in [1.807, 2.05) is 0 Å². The van der Waals surface area contributed by atoms with E-state index in [9.17, 15) is 4.39 Å². The quantitative estimate of drug-likeness (QED) is 0.621. The molecule has 2 nitrogen and oxygen atoms in total. The van der Waals surface area contributed by atoms with E-state index in [2.05, 4.69) is 9.97 Å². The maximum atomic E-state index is 11.8. The fourth-order valence-electron chi connectivity index (χ4n) is 0.494. The normalized spacial score (nSPS) is 9.90. The van der Waals surface area contributed by atoms with Crippen LogP contribution in [0, 0.1) is 0 Å². The lowest BCUT2D eigenvalue weighted by Gasteiger charge is -1.93. The Morgan fingerprint density at radius 3 is 2.20 bits per heavy atom. The predicted octanol–water partition coefficient (Wildman–Crippen LogP) is 2.25. The molecule has 0 spiro atoms. The molecule has 0 saturated heterocycles. The van der Waals surface area contributed by atoms with Gasteiger partial charge in [-0.3, -0.25) is 0 Å². The number of nitrogens with zero attached hydrogens (tertiary/aromatic N) is 2. The Bertz CT molecular complexity index is 221. The van der Waals surface area contributed by atoms with Gasteiger partial charge in [0.25, 0.3) is 0 Å². The van der Waals surface area contributed by atoms with Gasteiger partial charge in [-0.15, -0.1) is 0 Å². The van der Waals surface area contributed by atoms with Crippen molar-refractivity contribution in [3.63, 3.8) is 0 Å². The molecular weight excluding hydrogens is 178 g/mol. The fraction of sp³-hybridized carbons (Fsp3) is 0.200. The molecule has 0 aliphatic rings. The highest BCUT2D eigenvalue weighted by Gasteiger charge is 1.99. The van der Waals surface area contributed by atoms with E-state index in [0.717, 1.165) is 0 Å². The molecule has 54 valence electrons. The number of rotatable bonds is 1. The van der Waals surface area contributed by atoms with Crippen LogP contribution in [0.4, 0.5) is 4.39 Å². The Morgan fingerprint density at radius 2 is 1.80 bits per heavy atom. The SMILES string of the molecule is FCc1nc(Cl)cc(Cl)n1. The largest absolute Gasteiger partial charge is 0.242 e. The maximum absolute atomic E-state index is 11.8. The highest BCUT2D eigenvalue weighted by Crippen LogP contribution is 2.11. The van der Waals surface area contributed by atoms with E-state index in [-0.39, 0.29) is 16.1 Å². The third kappa shape index (κ3) is 1.78. The molecule has 5 heteroatoms. The molecule has 0 aromatic carbocycles. The van der Waals surface area contributed by atoms with Crippen molar-refractivity contribution in [3.8, 4) is 0 Å². The first-order chi connectivity index (χ1) is 4.72. The first-order valence-corrected chi connectivity index (χ1v) is 3.23. The van der Waals surface area contributed by atoms with E-state index in [1.54, 1.807) is 0 Å². The van der Waals surface area contributed by atoms with Gasteiger partial charge in [0.2, 0.25) is 0 Å². The summed E-state index contributed by atoms with van der Waals surface area (Å²) in [7, 11) is 0. The van der Waals surface area contributed by atoms with Crippen LogP contribution in [-0.2, 0) is 6.67 Å². The van der Waals surface area contributed by atoms with Gasteiger partial charge in [0.15, 0.2) is 5.82 Å². The Labute approximate surface area is 67.0 Å². The van der Waals surface area contributed by atoms with Crippen molar-refractivity contribution in [2.75, 3.05) is 0 Å². The molecule has 0 fully saturated rings. The molecule has 0 atom stereocenters. The van der Waals surface area contributed by atoms with Crippen molar-refractivity contribution in [1.82, 2.24) is 9.97 Å². The summed E-state index contributed by atoms with van der Waals surface area (Å²) in [4.78, 5) is 7.09. The number of hydrogen-bond acceptors (Lipinski definition) is 2. The molecule has 0 N–H and O–H groups in total. The zero-order valence-electron chi connectivity index (χ0n) is 4.81. The molecule has 0 saturated carbocycles. The van der Waals surface area contributed by atoms with Crippen molar-refractivity contribution in [3.05, 3.63) is 22.2 Å². The average Bonchev–Trinajstić information content (AvgIpc) is 1.85. The zero-order chi connectivity index (χ0) is 7.56. The van der Waals surface area contributed by atoms with Crippen molar-refractivity contribution < 1.29 is 4.39 Å². The summed E-state index contributed by atoms with van der Waals surface area (Å²) in [5.41, 5.74) is 0. The van der Waals surface area contributed by atoms with Crippen LogP contribution in [0.2, 0.25) is 10.3 Å². The van der Waals surface area contributed by atoms with Crippen LogP contribution in [0.25, 0.3) is 0 Å². The van der Waals surface area contributed by atoms with Crippen molar-refractivity contribution in [2.24, 2.45) is 0 Å². The molecular formula is C5H3Cl2FN2. The topological polar surface area (TPSA) is 25.8 Å². The summed E-state index contributed by atoms with van der Waals surface area (Å²) in [6, 6.07) is 1.35. The molecule has 1 heterocycles. The van der Waals surface area contributed by atoms with Crippen LogP contribution >= 0.6 is 23.2 Å². The van der Waals surface area contributed by atoms with Crippen LogP contribution in [0.5, 0.6) is 0 Å². The molecule has 0 radical (unpaired) electrons. The molecule has 10 heavy (non-hydrogen) atoms. The second-order valence-electron chi connectivity index (χ2n) is 1.56. The van der Waals surface area contributed by atoms with Crippen molar-refractivity contribution >= 4 is 23.2 Å². The summed E-state index contributed by atoms with van der Waals surface area (Å²) in [6.07, 6.45) is 0. The first kappa shape index (κ1) is 7.69. The van der Waals surface area contributed by atoms with Gasteiger partial charge in [0.05, 0.1) is 0 Å². The van der Waals surface area contributed by atoms with Gasteiger partial charge in [-0.25, -0.2) is 14.4 Å². The highest BCUT2D eigenvalue weighted by molar-refractivity contribution is 6.33.